The molecule has 2 heterocycles. The molecule has 9 heteroatoms. The summed E-state index contributed by atoms with van der Waals surface area (Å²) in [5.41, 5.74) is 2.15. The summed E-state index contributed by atoms with van der Waals surface area (Å²) < 4.78 is 2.00. The van der Waals surface area contributed by atoms with Crippen molar-refractivity contribution in [1.29, 1.82) is 0 Å². The van der Waals surface area contributed by atoms with Crippen molar-refractivity contribution >= 4 is 46.7 Å². The smallest absolute Gasteiger partial charge is 0.238 e. The van der Waals surface area contributed by atoms with E-state index in [1.807, 2.05) is 36.6 Å². The fraction of sp³-hybridized carbons (Fsp3) is 0.263. The van der Waals surface area contributed by atoms with Crippen LogP contribution in [0, 0.1) is 6.92 Å². The number of pyridine rings is 1. The number of nitrogens with one attached hydrogen (secondary N) is 1. The number of benzene rings is 1. The van der Waals surface area contributed by atoms with Crippen LogP contribution in [0.5, 0.6) is 0 Å². The maximum Gasteiger partial charge on any atom is 0.238 e. The number of hydrogen-bond acceptors (Lipinski definition) is 5. The van der Waals surface area contributed by atoms with Gasteiger partial charge in [0.1, 0.15) is 0 Å². The second-order valence-corrected chi connectivity index (χ2v) is 8.30. The number of rotatable bonds is 6. The summed E-state index contributed by atoms with van der Waals surface area (Å²) in [6.07, 6.45) is 1.43. The second kappa shape index (κ2) is 8.94. The third-order valence-electron chi connectivity index (χ3n) is 4.01. The minimum Gasteiger partial charge on any atom is -0.308 e. The Labute approximate surface area is 177 Å². The third-order valence-corrected chi connectivity index (χ3v) is 5.59. The molecule has 2 aromatic heterocycles. The summed E-state index contributed by atoms with van der Waals surface area (Å²) in [5, 5.41) is 12.3. The normalized spacial score (nSPS) is 12.0. The summed E-state index contributed by atoms with van der Waals surface area (Å²) >= 11 is 13.2. The maximum absolute atomic E-state index is 12.6. The zero-order valence-corrected chi connectivity index (χ0v) is 17.9. The minimum atomic E-state index is -0.423. The van der Waals surface area contributed by atoms with Gasteiger partial charge in [0.25, 0.3) is 0 Å². The van der Waals surface area contributed by atoms with Crippen molar-refractivity contribution in [3.05, 3.63) is 52.1 Å². The molecule has 1 N–H and O–H groups in total. The Morgan fingerprint density at radius 3 is 2.75 bits per heavy atom. The first-order valence-electron chi connectivity index (χ1n) is 8.67. The highest BCUT2D eigenvalue weighted by Crippen LogP contribution is 2.28. The van der Waals surface area contributed by atoms with E-state index in [4.69, 9.17) is 23.2 Å². The van der Waals surface area contributed by atoms with Crippen molar-refractivity contribution in [2.75, 3.05) is 5.32 Å². The maximum atomic E-state index is 12.6. The van der Waals surface area contributed by atoms with Crippen LogP contribution < -0.4 is 5.32 Å². The number of nitrogens with zero attached hydrogens (tertiary/aromatic N) is 4. The van der Waals surface area contributed by atoms with E-state index < -0.39 is 5.25 Å². The molecule has 0 aliphatic heterocycles. The lowest BCUT2D eigenvalue weighted by atomic mass is 10.1. The highest BCUT2D eigenvalue weighted by atomic mass is 35.5. The average Bonchev–Trinajstić information content (AvgIpc) is 3.06. The SMILES string of the molecule is CCn1c(SC(C)C(=O)Nc2ncc(Cl)cc2Cl)nnc1-c1cccc(C)c1. The molecule has 0 bridgehead atoms. The van der Waals surface area contributed by atoms with Crippen LogP contribution >= 0.6 is 35.0 Å². The Morgan fingerprint density at radius 2 is 2.07 bits per heavy atom. The average molecular weight is 436 g/mol. The van der Waals surface area contributed by atoms with Gasteiger partial charge in [-0.2, -0.15) is 0 Å². The van der Waals surface area contributed by atoms with Crippen LogP contribution in [0.25, 0.3) is 11.4 Å². The fourth-order valence-corrected chi connectivity index (χ4v) is 3.94. The molecule has 28 heavy (non-hydrogen) atoms. The van der Waals surface area contributed by atoms with E-state index in [2.05, 4.69) is 26.6 Å². The molecule has 0 saturated carbocycles. The van der Waals surface area contributed by atoms with Crippen LogP contribution in [0.2, 0.25) is 10.0 Å². The zero-order chi connectivity index (χ0) is 20.3. The lowest BCUT2D eigenvalue weighted by molar-refractivity contribution is -0.115. The molecule has 1 amide bonds. The van der Waals surface area contributed by atoms with Gasteiger partial charge in [0.2, 0.25) is 5.91 Å². The van der Waals surface area contributed by atoms with E-state index in [0.29, 0.717) is 16.7 Å². The zero-order valence-electron chi connectivity index (χ0n) is 15.6. The molecular weight excluding hydrogens is 417 g/mol. The van der Waals surface area contributed by atoms with Crippen molar-refractivity contribution in [2.45, 2.75) is 37.7 Å². The molecule has 6 nitrogen and oxygen atoms in total. The Bertz CT molecular complexity index is 1010. The van der Waals surface area contributed by atoms with Crippen molar-refractivity contribution in [2.24, 2.45) is 0 Å². The highest BCUT2D eigenvalue weighted by molar-refractivity contribution is 8.00. The van der Waals surface area contributed by atoms with E-state index in [9.17, 15) is 4.79 Å². The van der Waals surface area contributed by atoms with E-state index in [1.54, 1.807) is 6.92 Å². The van der Waals surface area contributed by atoms with Gasteiger partial charge in [0.15, 0.2) is 16.8 Å². The summed E-state index contributed by atoms with van der Waals surface area (Å²) in [7, 11) is 0. The quantitative estimate of drug-likeness (QED) is 0.545. The van der Waals surface area contributed by atoms with Gasteiger partial charge in [-0.25, -0.2) is 4.98 Å². The number of anilines is 1. The molecule has 0 aliphatic rings. The van der Waals surface area contributed by atoms with Gasteiger partial charge in [0.05, 0.1) is 15.3 Å². The topological polar surface area (TPSA) is 72.7 Å². The number of aryl methyl sites for hydroxylation is 1. The molecule has 1 atom stereocenters. The largest absolute Gasteiger partial charge is 0.308 e. The lowest BCUT2D eigenvalue weighted by Gasteiger charge is -2.13. The number of hydrogen-bond donors (Lipinski definition) is 1. The van der Waals surface area contributed by atoms with Crippen molar-refractivity contribution < 1.29 is 4.79 Å². The van der Waals surface area contributed by atoms with Gasteiger partial charge < -0.3 is 9.88 Å². The number of carbonyl (C=O) groups is 1. The minimum absolute atomic E-state index is 0.232. The molecule has 1 aromatic carbocycles. The van der Waals surface area contributed by atoms with E-state index in [1.165, 1.54) is 24.0 Å². The first-order chi connectivity index (χ1) is 13.4. The Balaban J connectivity index is 1.76. The first-order valence-corrected chi connectivity index (χ1v) is 10.3. The van der Waals surface area contributed by atoms with Crippen LogP contribution in [0.15, 0.2) is 41.7 Å². The van der Waals surface area contributed by atoms with E-state index in [0.717, 1.165) is 17.0 Å². The number of carbonyl (C=O) groups excluding carboxylic acids is 1. The van der Waals surface area contributed by atoms with Gasteiger partial charge >= 0.3 is 0 Å². The molecular formula is C19H19Cl2N5OS. The molecule has 0 radical (unpaired) electrons. The van der Waals surface area contributed by atoms with Crippen LogP contribution in [0.1, 0.15) is 19.4 Å². The van der Waals surface area contributed by atoms with Crippen molar-refractivity contribution in [1.82, 2.24) is 19.7 Å². The van der Waals surface area contributed by atoms with Crippen molar-refractivity contribution in [3.63, 3.8) is 0 Å². The Kier molecular flexibility index (Phi) is 6.59. The van der Waals surface area contributed by atoms with Crippen LogP contribution in [0.4, 0.5) is 5.82 Å². The number of halogens is 2. The molecule has 3 rings (SSSR count). The number of thioether (sulfide) groups is 1. The van der Waals surface area contributed by atoms with Crippen LogP contribution in [-0.4, -0.2) is 30.9 Å². The molecule has 3 aromatic rings. The number of aromatic nitrogens is 4. The van der Waals surface area contributed by atoms with Gasteiger partial charge in [0, 0.05) is 18.3 Å². The summed E-state index contributed by atoms with van der Waals surface area (Å²) in [6, 6.07) is 9.63. The highest BCUT2D eigenvalue weighted by Gasteiger charge is 2.21. The lowest BCUT2D eigenvalue weighted by Crippen LogP contribution is -2.23. The predicted octanol–water partition coefficient (Wildman–Crippen LogP) is 5.09. The fourth-order valence-electron chi connectivity index (χ4n) is 2.60. The first kappa shape index (κ1) is 20.6. The van der Waals surface area contributed by atoms with E-state index >= 15 is 0 Å². The summed E-state index contributed by atoms with van der Waals surface area (Å²) in [6.45, 7) is 6.55. The molecule has 0 spiro atoms. The Hall–Kier alpha value is -2.09. The monoisotopic (exact) mass is 435 g/mol. The molecule has 1 unspecified atom stereocenters. The summed E-state index contributed by atoms with van der Waals surface area (Å²) in [5.74, 6) is 0.828. The molecule has 146 valence electrons. The van der Waals surface area contributed by atoms with Crippen LogP contribution in [-0.2, 0) is 11.3 Å². The van der Waals surface area contributed by atoms with Gasteiger partial charge in [-0.15, -0.1) is 10.2 Å². The predicted molar refractivity (Wildman–Crippen MR) is 114 cm³/mol. The Morgan fingerprint density at radius 1 is 1.29 bits per heavy atom. The molecule has 0 saturated heterocycles. The number of amides is 1. The van der Waals surface area contributed by atoms with Crippen LogP contribution in [0.3, 0.4) is 0 Å². The third kappa shape index (κ3) is 4.66. The molecule has 0 fully saturated rings. The summed E-state index contributed by atoms with van der Waals surface area (Å²) in [4.78, 5) is 16.6. The standard InChI is InChI=1S/C19H19Cl2N5OS/c1-4-26-17(13-7-5-6-11(2)8-13)24-25-19(26)28-12(3)18(27)23-16-15(21)9-14(20)10-22-16/h5-10,12H,4H2,1-3H3,(H,22,23,27). The van der Waals surface area contributed by atoms with E-state index in [-0.39, 0.29) is 16.7 Å². The van der Waals surface area contributed by atoms with Crippen molar-refractivity contribution in [3.8, 4) is 11.4 Å². The van der Waals surface area contributed by atoms with Gasteiger partial charge in [-0.3, -0.25) is 4.79 Å². The van der Waals surface area contributed by atoms with Gasteiger partial charge in [-0.1, -0.05) is 58.7 Å². The molecule has 0 aliphatic carbocycles. The van der Waals surface area contributed by atoms with Gasteiger partial charge in [-0.05, 0) is 32.9 Å². The second-order valence-electron chi connectivity index (χ2n) is 6.15.